The molecule has 1 heterocycles. The van der Waals surface area contributed by atoms with Crippen LogP contribution in [0.5, 0.6) is 0 Å². The molecule has 1 amide bonds. The van der Waals surface area contributed by atoms with Gasteiger partial charge in [-0.2, -0.15) is 0 Å². The van der Waals surface area contributed by atoms with E-state index in [1.807, 2.05) is 0 Å². The highest BCUT2D eigenvalue weighted by Gasteiger charge is 2.26. The summed E-state index contributed by atoms with van der Waals surface area (Å²) in [6.07, 6.45) is 1.84. The Morgan fingerprint density at radius 2 is 1.95 bits per heavy atom. The van der Waals surface area contributed by atoms with Crippen LogP contribution in [0.3, 0.4) is 0 Å². The molecule has 0 atom stereocenters. The molecular weight excluding hydrogens is 288 g/mol. The van der Waals surface area contributed by atoms with Gasteiger partial charge in [-0.25, -0.2) is 8.42 Å². The third-order valence-electron chi connectivity index (χ3n) is 3.08. The van der Waals surface area contributed by atoms with Crippen LogP contribution < -0.4 is 5.73 Å². The lowest BCUT2D eigenvalue weighted by Gasteiger charge is -2.15. The fourth-order valence-electron chi connectivity index (χ4n) is 2.08. The monoisotopic (exact) mass is 302 g/mol. The minimum Gasteiger partial charge on any atom is -0.398 e. The van der Waals surface area contributed by atoms with E-state index in [1.165, 1.54) is 18.2 Å². The summed E-state index contributed by atoms with van der Waals surface area (Å²) in [6, 6.07) is 4.22. The van der Waals surface area contributed by atoms with E-state index in [1.54, 1.807) is 4.90 Å². The topological polar surface area (TPSA) is 80.5 Å². The van der Waals surface area contributed by atoms with E-state index in [0.717, 1.165) is 12.8 Å². The SMILES string of the molecule is Nc1ccc(Cl)cc1S(=O)(=O)CC(=O)N1CCCC1. The van der Waals surface area contributed by atoms with E-state index in [0.29, 0.717) is 13.1 Å². The lowest BCUT2D eigenvalue weighted by atomic mass is 10.3. The lowest BCUT2D eigenvalue weighted by Crippen LogP contribution is -2.33. The molecule has 1 aliphatic heterocycles. The van der Waals surface area contributed by atoms with Crippen LogP contribution in [0.25, 0.3) is 0 Å². The van der Waals surface area contributed by atoms with Crippen molar-refractivity contribution in [2.24, 2.45) is 0 Å². The van der Waals surface area contributed by atoms with Gasteiger partial charge in [0.1, 0.15) is 5.75 Å². The van der Waals surface area contributed by atoms with Crippen LogP contribution in [-0.4, -0.2) is 38.1 Å². The Hall–Kier alpha value is -1.27. The molecule has 0 radical (unpaired) electrons. The maximum atomic E-state index is 12.2. The van der Waals surface area contributed by atoms with E-state index in [9.17, 15) is 13.2 Å². The van der Waals surface area contributed by atoms with Crippen LogP contribution in [0.4, 0.5) is 5.69 Å². The third-order valence-corrected chi connectivity index (χ3v) is 4.97. The molecular formula is C12H15ClN2O3S. The summed E-state index contributed by atoms with van der Waals surface area (Å²) in [4.78, 5) is 13.4. The number of nitrogens with zero attached hydrogens (tertiary/aromatic N) is 1. The molecule has 1 aromatic carbocycles. The van der Waals surface area contributed by atoms with Crippen molar-refractivity contribution in [3.63, 3.8) is 0 Å². The first-order valence-corrected chi connectivity index (χ1v) is 7.99. The highest BCUT2D eigenvalue weighted by molar-refractivity contribution is 7.92. The molecule has 0 bridgehead atoms. The molecule has 104 valence electrons. The Labute approximate surface area is 117 Å². The lowest BCUT2D eigenvalue weighted by molar-refractivity contribution is -0.127. The third kappa shape index (κ3) is 3.19. The van der Waals surface area contributed by atoms with Gasteiger partial charge in [0.2, 0.25) is 5.91 Å². The number of nitrogens with two attached hydrogens (primary N) is 1. The predicted molar refractivity (Wildman–Crippen MR) is 73.7 cm³/mol. The summed E-state index contributed by atoms with van der Waals surface area (Å²) in [5, 5.41) is 0.279. The van der Waals surface area contributed by atoms with Crippen molar-refractivity contribution in [2.75, 3.05) is 24.6 Å². The molecule has 0 unspecified atom stereocenters. The van der Waals surface area contributed by atoms with Crippen molar-refractivity contribution < 1.29 is 13.2 Å². The zero-order chi connectivity index (χ0) is 14.0. The Bertz CT molecular complexity index is 595. The fraction of sp³-hybridized carbons (Fsp3) is 0.417. The zero-order valence-electron chi connectivity index (χ0n) is 10.3. The second-order valence-electron chi connectivity index (χ2n) is 4.53. The van der Waals surface area contributed by atoms with Crippen molar-refractivity contribution in [1.82, 2.24) is 4.90 Å². The van der Waals surface area contributed by atoms with E-state index >= 15 is 0 Å². The number of sulfone groups is 1. The average molecular weight is 303 g/mol. The first-order chi connectivity index (χ1) is 8.90. The number of carbonyl (C=O) groups excluding carboxylic acids is 1. The summed E-state index contributed by atoms with van der Waals surface area (Å²) < 4.78 is 24.4. The number of benzene rings is 1. The Kier molecular flexibility index (Phi) is 4.01. The first-order valence-electron chi connectivity index (χ1n) is 5.96. The van der Waals surface area contributed by atoms with E-state index in [2.05, 4.69) is 0 Å². The molecule has 19 heavy (non-hydrogen) atoms. The summed E-state index contributed by atoms with van der Waals surface area (Å²) in [5.41, 5.74) is 5.75. The number of rotatable bonds is 3. The molecule has 1 aliphatic rings. The van der Waals surface area contributed by atoms with E-state index < -0.39 is 15.6 Å². The van der Waals surface area contributed by atoms with Crippen LogP contribution in [-0.2, 0) is 14.6 Å². The molecule has 1 fully saturated rings. The molecule has 1 saturated heterocycles. The van der Waals surface area contributed by atoms with Gasteiger partial charge >= 0.3 is 0 Å². The molecule has 0 aromatic heterocycles. The van der Waals surface area contributed by atoms with Crippen LogP contribution in [0.1, 0.15) is 12.8 Å². The van der Waals surface area contributed by atoms with Gasteiger partial charge in [-0.05, 0) is 31.0 Å². The van der Waals surface area contributed by atoms with E-state index in [4.69, 9.17) is 17.3 Å². The van der Waals surface area contributed by atoms with Gasteiger partial charge in [-0.15, -0.1) is 0 Å². The highest BCUT2D eigenvalue weighted by Crippen LogP contribution is 2.24. The first kappa shape index (κ1) is 14.1. The number of anilines is 1. The van der Waals surface area contributed by atoms with Crippen molar-refractivity contribution in [1.29, 1.82) is 0 Å². The quantitative estimate of drug-likeness (QED) is 0.854. The number of carbonyl (C=O) groups is 1. The van der Waals surface area contributed by atoms with E-state index in [-0.39, 0.29) is 21.5 Å². The predicted octanol–water partition coefficient (Wildman–Crippen LogP) is 1.32. The minimum absolute atomic E-state index is 0.0763. The van der Waals surface area contributed by atoms with Gasteiger partial charge in [0, 0.05) is 18.1 Å². The zero-order valence-corrected chi connectivity index (χ0v) is 11.9. The number of nitrogen functional groups attached to an aromatic ring is 1. The molecule has 5 nitrogen and oxygen atoms in total. The summed E-state index contributed by atoms with van der Waals surface area (Å²) in [6.45, 7) is 1.25. The summed E-state index contributed by atoms with van der Waals surface area (Å²) in [7, 11) is -3.75. The number of halogens is 1. The maximum absolute atomic E-state index is 12.2. The Morgan fingerprint density at radius 3 is 2.58 bits per heavy atom. The smallest absolute Gasteiger partial charge is 0.238 e. The Morgan fingerprint density at radius 1 is 1.32 bits per heavy atom. The van der Waals surface area contributed by atoms with Crippen LogP contribution in [0.2, 0.25) is 5.02 Å². The van der Waals surface area contributed by atoms with Crippen molar-refractivity contribution in [3.8, 4) is 0 Å². The van der Waals surface area contributed by atoms with Crippen molar-refractivity contribution in [3.05, 3.63) is 23.2 Å². The van der Waals surface area contributed by atoms with Gasteiger partial charge < -0.3 is 10.6 Å². The average Bonchev–Trinajstić information content (AvgIpc) is 2.85. The molecule has 7 heteroatoms. The van der Waals surface area contributed by atoms with Crippen molar-refractivity contribution in [2.45, 2.75) is 17.7 Å². The molecule has 0 aliphatic carbocycles. The van der Waals surface area contributed by atoms with Gasteiger partial charge in [-0.1, -0.05) is 11.6 Å². The highest BCUT2D eigenvalue weighted by atomic mass is 35.5. The number of hydrogen-bond donors (Lipinski definition) is 1. The number of amides is 1. The van der Waals surface area contributed by atoms with Crippen LogP contribution in [0, 0.1) is 0 Å². The normalized spacial score (nSPS) is 15.7. The Balaban J connectivity index is 2.22. The standard InChI is InChI=1S/C12H15ClN2O3S/c13-9-3-4-10(14)11(7-9)19(17,18)8-12(16)15-5-1-2-6-15/h3-4,7H,1-2,5-6,8,14H2. The molecule has 0 saturated carbocycles. The summed E-state index contributed by atoms with van der Waals surface area (Å²) in [5.74, 6) is -0.936. The largest absolute Gasteiger partial charge is 0.398 e. The molecule has 2 rings (SSSR count). The van der Waals surface area contributed by atoms with Crippen LogP contribution in [0.15, 0.2) is 23.1 Å². The number of likely N-dealkylation sites (tertiary alicyclic amines) is 1. The molecule has 2 N–H and O–H groups in total. The van der Waals surface area contributed by atoms with Gasteiger partial charge in [-0.3, -0.25) is 4.79 Å². The number of hydrogen-bond acceptors (Lipinski definition) is 4. The van der Waals surface area contributed by atoms with Crippen LogP contribution >= 0.6 is 11.6 Å². The molecule has 1 aromatic rings. The van der Waals surface area contributed by atoms with Crippen molar-refractivity contribution >= 4 is 33.0 Å². The maximum Gasteiger partial charge on any atom is 0.238 e. The second-order valence-corrected chi connectivity index (χ2v) is 6.92. The second kappa shape index (κ2) is 5.38. The summed E-state index contributed by atoms with van der Waals surface area (Å²) >= 11 is 5.77. The minimum atomic E-state index is -3.75. The van der Waals surface area contributed by atoms with Gasteiger partial charge in [0.25, 0.3) is 0 Å². The van der Waals surface area contributed by atoms with Gasteiger partial charge in [0.15, 0.2) is 9.84 Å². The fourth-order valence-corrected chi connectivity index (χ4v) is 3.71. The molecule has 0 spiro atoms. The van der Waals surface area contributed by atoms with Gasteiger partial charge in [0.05, 0.1) is 10.6 Å².